The van der Waals surface area contributed by atoms with Gasteiger partial charge in [0.05, 0.1) is 0 Å². The fraction of sp³-hybridized carbons (Fsp3) is 0.417. The number of benzene rings is 1. The van der Waals surface area contributed by atoms with Crippen LogP contribution in [0.15, 0.2) is 24.3 Å². The van der Waals surface area contributed by atoms with E-state index >= 15 is 0 Å². The summed E-state index contributed by atoms with van der Waals surface area (Å²) in [5.74, 6) is -0.513. The first-order valence-corrected chi connectivity index (χ1v) is 5.31. The number of nitrogens with one attached hydrogen (secondary N) is 1. The molecule has 0 bridgehead atoms. The molecule has 1 atom stereocenters. The number of carboxylic acids is 1. The first-order valence-electron chi connectivity index (χ1n) is 5.31. The van der Waals surface area contributed by atoms with Crippen LogP contribution in [0.1, 0.15) is 25.3 Å². The minimum atomic E-state index is -0.765. The van der Waals surface area contributed by atoms with Gasteiger partial charge in [0.2, 0.25) is 0 Å². The minimum Gasteiger partial charge on any atom is -0.508 e. The van der Waals surface area contributed by atoms with Crippen LogP contribution in [0.4, 0.5) is 0 Å². The summed E-state index contributed by atoms with van der Waals surface area (Å²) in [7, 11) is 0. The van der Waals surface area contributed by atoms with Crippen molar-refractivity contribution in [3.63, 3.8) is 0 Å². The van der Waals surface area contributed by atoms with Crippen molar-refractivity contribution in [2.75, 3.05) is 0 Å². The lowest BCUT2D eigenvalue weighted by molar-refractivity contribution is -0.137. The van der Waals surface area contributed by atoms with Crippen LogP contribution in [-0.4, -0.2) is 22.2 Å². The number of hydrogen-bond acceptors (Lipinski definition) is 3. The first-order chi connectivity index (χ1) is 7.58. The van der Waals surface area contributed by atoms with Gasteiger partial charge in [0.25, 0.3) is 0 Å². The summed E-state index contributed by atoms with van der Waals surface area (Å²) < 4.78 is 0. The molecule has 1 aromatic carbocycles. The van der Waals surface area contributed by atoms with Gasteiger partial charge in [-0.15, -0.1) is 0 Å². The molecule has 0 heterocycles. The monoisotopic (exact) mass is 223 g/mol. The van der Waals surface area contributed by atoms with Crippen LogP contribution < -0.4 is 5.32 Å². The number of carbonyl (C=O) groups is 1. The second-order valence-corrected chi connectivity index (χ2v) is 3.88. The largest absolute Gasteiger partial charge is 0.508 e. The molecule has 1 rings (SSSR count). The number of carboxylic acid groups (broad SMARTS) is 1. The molecule has 0 aliphatic rings. The van der Waals surface area contributed by atoms with Gasteiger partial charge in [0.1, 0.15) is 5.75 Å². The third kappa shape index (κ3) is 4.79. The molecule has 0 saturated carbocycles. The predicted octanol–water partition coefficient (Wildman–Crippen LogP) is 1.74. The van der Waals surface area contributed by atoms with E-state index < -0.39 is 5.97 Å². The molecule has 1 unspecified atom stereocenters. The Hall–Kier alpha value is -1.55. The van der Waals surface area contributed by atoms with Gasteiger partial charge in [-0.2, -0.15) is 0 Å². The molecule has 0 saturated heterocycles. The van der Waals surface area contributed by atoms with E-state index in [-0.39, 0.29) is 18.2 Å². The average molecular weight is 223 g/mol. The summed E-state index contributed by atoms with van der Waals surface area (Å²) in [5, 5.41) is 20.8. The lowest BCUT2D eigenvalue weighted by Crippen LogP contribution is -2.26. The number of hydrogen-bond donors (Lipinski definition) is 3. The minimum absolute atomic E-state index is 0.171. The second-order valence-electron chi connectivity index (χ2n) is 3.88. The van der Waals surface area contributed by atoms with Crippen molar-refractivity contribution >= 4 is 5.97 Å². The van der Waals surface area contributed by atoms with E-state index in [0.717, 1.165) is 5.56 Å². The van der Waals surface area contributed by atoms with Gasteiger partial charge in [0.15, 0.2) is 0 Å². The van der Waals surface area contributed by atoms with Gasteiger partial charge < -0.3 is 15.5 Å². The molecule has 4 heteroatoms. The third-order valence-corrected chi connectivity index (χ3v) is 2.38. The van der Waals surface area contributed by atoms with E-state index in [4.69, 9.17) is 10.2 Å². The first kappa shape index (κ1) is 12.5. The fourth-order valence-electron chi connectivity index (χ4n) is 1.35. The number of rotatable bonds is 6. The smallest absolute Gasteiger partial charge is 0.303 e. The Morgan fingerprint density at radius 1 is 1.38 bits per heavy atom. The predicted molar refractivity (Wildman–Crippen MR) is 61.3 cm³/mol. The highest BCUT2D eigenvalue weighted by atomic mass is 16.4. The molecule has 0 aromatic heterocycles. The number of phenols is 1. The van der Waals surface area contributed by atoms with E-state index in [1.807, 2.05) is 19.1 Å². The molecule has 0 amide bonds. The van der Waals surface area contributed by atoms with Gasteiger partial charge in [-0.25, -0.2) is 0 Å². The van der Waals surface area contributed by atoms with Crippen LogP contribution in [0.25, 0.3) is 0 Å². The molecule has 4 nitrogen and oxygen atoms in total. The number of aromatic hydroxyl groups is 1. The molecule has 3 N–H and O–H groups in total. The molecule has 88 valence electrons. The van der Waals surface area contributed by atoms with E-state index in [1.165, 1.54) is 0 Å². The Labute approximate surface area is 94.9 Å². The lowest BCUT2D eigenvalue weighted by atomic mass is 10.1. The van der Waals surface area contributed by atoms with E-state index in [1.54, 1.807) is 12.1 Å². The van der Waals surface area contributed by atoms with Gasteiger partial charge in [-0.05, 0) is 31.0 Å². The van der Waals surface area contributed by atoms with E-state index in [0.29, 0.717) is 13.0 Å². The highest BCUT2D eigenvalue weighted by Crippen LogP contribution is 2.09. The van der Waals surface area contributed by atoms with Crippen LogP contribution in [0.5, 0.6) is 5.75 Å². The Balaban J connectivity index is 2.28. The Morgan fingerprint density at radius 2 is 2.00 bits per heavy atom. The lowest BCUT2D eigenvalue weighted by Gasteiger charge is -2.12. The SMILES string of the molecule is CC(CCC(=O)O)NCc1ccc(O)cc1. The van der Waals surface area contributed by atoms with Crippen LogP contribution in [0, 0.1) is 0 Å². The van der Waals surface area contributed by atoms with Crippen LogP contribution >= 0.6 is 0 Å². The van der Waals surface area contributed by atoms with Crippen molar-refractivity contribution in [2.24, 2.45) is 0 Å². The zero-order valence-electron chi connectivity index (χ0n) is 9.31. The quantitative estimate of drug-likeness (QED) is 0.687. The maximum Gasteiger partial charge on any atom is 0.303 e. The number of phenolic OH excluding ortho intramolecular Hbond substituents is 1. The highest BCUT2D eigenvalue weighted by molar-refractivity contribution is 5.66. The Bertz CT molecular complexity index is 335. The van der Waals surface area contributed by atoms with Gasteiger partial charge >= 0.3 is 5.97 Å². The zero-order valence-corrected chi connectivity index (χ0v) is 9.31. The number of aliphatic carboxylic acids is 1. The van der Waals surface area contributed by atoms with E-state index in [9.17, 15) is 4.79 Å². The average Bonchev–Trinajstić information content (AvgIpc) is 2.25. The Morgan fingerprint density at radius 3 is 2.56 bits per heavy atom. The normalized spacial score (nSPS) is 12.3. The standard InChI is InChI=1S/C12H17NO3/c1-9(2-7-12(15)16)13-8-10-3-5-11(14)6-4-10/h3-6,9,13-14H,2,7-8H2,1H3,(H,15,16). The van der Waals surface area contributed by atoms with Crippen molar-refractivity contribution in [1.29, 1.82) is 0 Å². The topological polar surface area (TPSA) is 69.6 Å². The van der Waals surface area contributed by atoms with Gasteiger partial charge in [-0.3, -0.25) is 4.79 Å². The molecular formula is C12H17NO3. The summed E-state index contributed by atoms with van der Waals surface area (Å²) in [4.78, 5) is 10.4. The van der Waals surface area contributed by atoms with Gasteiger partial charge in [-0.1, -0.05) is 12.1 Å². The molecule has 1 aromatic rings. The van der Waals surface area contributed by atoms with Crippen molar-refractivity contribution in [3.05, 3.63) is 29.8 Å². The van der Waals surface area contributed by atoms with Crippen molar-refractivity contribution < 1.29 is 15.0 Å². The maximum absolute atomic E-state index is 10.4. The second kappa shape index (κ2) is 6.12. The molecule has 0 aliphatic carbocycles. The zero-order chi connectivity index (χ0) is 12.0. The van der Waals surface area contributed by atoms with Crippen LogP contribution in [0.3, 0.4) is 0 Å². The molecule has 0 spiro atoms. The Kier molecular flexibility index (Phi) is 4.79. The van der Waals surface area contributed by atoms with Crippen molar-refractivity contribution in [2.45, 2.75) is 32.4 Å². The summed E-state index contributed by atoms with van der Waals surface area (Å²) in [6, 6.07) is 7.13. The molecule has 16 heavy (non-hydrogen) atoms. The summed E-state index contributed by atoms with van der Waals surface area (Å²) in [5.41, 5.74) is 1.07. The summed E-state index contributed by atoms with van der Waals surface area (Å²) in [6.45, 7) is 2.64. The molecule has 0 radical (unpaired) electrons. The van der Waals surface area contributed by atoms with Crippen molar-refractivity contribution in [3.8, 4) is 5.75 Å². The molecule has 0 fully saturated rings. The highest BCUT2D eigenvalue weighted by Gasteiger charge is 2.04. The molecular weight excluding hydrogens is 206 g/mol. The maximum atomic E-state index is 10.4. The van der Waals surface area contributed by atoms with Gasteiger partial charge in [0, 0.05) is 19.0 Å². The summed E-state index contributed by atoms with van der Waals surface area (Å²) in [6.07, 6.45) is 0.803. The van der Waals surface area contributed by atoms with Crippen molar-refractivity contribution in [1.82, 2.24) is 5.32 Å². The molecule has 0 aliphatic heterocycles. The third-order valence-electron chi connectivity index (χ3n) is 2.38. The van der Waals surface area contributed by atoms with Crippen LogP contribution in [-0.2, 0) is 11.3 Å². The van der Waals surface area contributed by atoms with Crippen LogP contribution in [0.2, 0.25) is 0 Å². The summed E-state index contributed by atoms with van der Waals surface area (Å²) >= 11 is 0. The fourth-order valence-corrected chi connectivity index (χ4v) is 1.35. The van der Waals surface area contributed by atoms with E-state index in [2.05, 4.69) is 5.32 Å².